The molecule has 0 aliphatic carbocycles. The normalized spacial score (nSPS) is 10.1. The highest BCUT2D eigenvalue weighted by molar-refractivity contribution is 5.49. The van der Waals surface area contributed by atoms with Gasteiger partial charge in [-0.2, -0.15) is 0 Å². The molecule has 0 saturated heterocycles. The van der Waals surface area contributed by atoms with E-state index in [0.29, 0.717) is 0 Å². The van der Waals surface area contributed by atoms with Crippen LogP contribution < -0.4 is 0 Å². The second kappa shape index (κ2) is 8.44. The molecule has 0 nitrogen and oxygen atoms in total. The van der Waals surface area contributed by atoms with Crippen LogP contribution in [-0.4, -0.2) is 0 Å². The molecule has 2 rings (SSSR count). The van der Waals surface area contributed by atoms with Crippen LogP contribution in [0.2, 0.25) is 0 Å². The van der Waals surface area contributed by atoms with Crippen molar-refractivity contribution in [3.8, 4) is 11.8 Å². The van der Waals surface area contributed by atoms with Crippen LogP contribution in [0.4, 0.5) is 0 Å². The zero-order valence-corrected chi connectivity index (χ0v) is 14.1. The van der Waals surface area contributed by atoms with E-state index < -0.39 is 0 Å². The maximum atomic E-state index is 3.39. The Bertz CT molecular complexity index is 654. The molecule has 0 amide bonds. The first kappa shape index (κ1) is 16.4. The molecule has 22 heavy (non-hydrogen) atoms. The molecule has 2 aromatic rings. The molecule has 0 aliphatic rings. The molecule has 0 spiro atoms. The maximum Gasteiger partial charge on any atom is 0.0283 e. The van der Waals surface area contributed by atoms with Gasteiger partial charge in [0, 0.05) is 11.1 Å². The first-order chi connectivity index (χ1) is 10.7. The van der Waals surface area contributed by atoms with E-state index in [2.05, 4.69) is 56.9 Å². The van der Waals surface area contributed by atoms with Crippen LogP contribution in [0.15, 0.2) is 42.5 Å². The highest BCUT2D eigenvalue weighted by Crippen LogP contribution is 2.18. The van der Waals surface area contributed by atoms with Gasteiger partial charge in [0.25, 0.3) is 0 Å². The Morgan fingerprint density at radius 1 is 0.818 bits per heavy atom. The van der Waals surface area contributed by atoms with E-state index >= 15 is 0 Å². The third kappa shape index (κ3) is 4.78. The molecular formula is C22H26. The fourth-order valence-corrected chi connectivity index (χ4v) is 2.60. The van der Waals surface area contributed by atoms with Crippen LogP contribution in [0.5, 0.6) is 0 Å². The van der Waals surface area contributed by atoms with E-state index in [1.165, 1.54) is 47.9 Å². The minimum absolute atomic E-state index is 1.08. The van der Waals surface area contributed by atoms with Crippen molar-refractivity contribution in [3.05, 3.63) is 70.3 Å². The summed E-state index contributed by atoms with van der Waals surface area (Å²) in [5.41, 5.74) is 6.38. The monoisotopic (exact) mass is 290 g/mol. The maximum absolute atomic E-state index is 3.39. The molecule has 0 saturated carbocycles. The van der Waals surface area contributed by atoms with Crippen LogP contribution in [0, 0.1) is 25.7 Å². The fourth-order valence-electron chi connectivity index (χ4n) is 2.60. The van der Waals surface area contributed by atoms with Crippen molar-refractivity contribution < 1.29 is 0 Å². The summed E-state index contributed by atoms with van der Waals surface area (Å²) < 4.78 is 0. The summed E-state index contributed by atoms with van der Waals surface area (Å²) in [4.78, 5) is 0. The second-order valence-electron chi connectivity index (χ2n) is 6.02. The summed E-state index contributed by atoms with van der Waals surface area (Å²) >= 11 is 0. The first-order valence-corrected chi connectivity index (χ1v) is 8.38. The number of unbranched alkanes of at least 4 members (excludes halogenated alkanes) is 3. The van der Waals surface area contributed by atoms with E-state index in [-0.39, 0.29) is 0 Å². The van der Waals surface area contributed by atoms with Crippen LogP contribution >= 0.6 is 0 Å². The van der Waals surface area contributed by atoms with Gasteiger partial charge in [-0.25, -0.2) is 0 Å². The average molecular weight is 290 g/mol. The minimum atomic E-state index is 1.08. The Morgan fingerprint density at radius 3 is 2.27 bits per heavy atom. The summed E-state index contributed by atoms with van der Waals surface area (Å²) in [6, 6.07) is 14.8. The third-order valence-corrected chi connectivity index (χ3v) is 4.13. The van der Waals surface area contributed by atoms with Crippen molar-refractivity contribution in [1.29, 1.82) is 0 Å². The minimum Gasteiger partial charge on any atom is -0.0654 e. The zero-order chi connectivity index (χ0) is 15.8. The highest BCUT2D eigenvalue weighted by Gasteiger charge is 2.04. The van der Waals surface area contributed by atoms with Crippen molar-refractivity contribution in [2.45, 2.75) is 52.9 Å². The molecule has 0 atom stereocenters. The van der Waals surface area contributed by atoms with Gasteiger partial charge in [-0.05, 0) is 61.6 Å². The van der Waals surface area contributed by atoms with Gasteiger partial charge in [0.1, 0.15) is 0 Å². The lowest BCUT2D eigenvalue weighted by Crippen LogP contribution is -1.95. The van der Waals surface area contributed by atoms with Crippen molar-refractivity contribution >= 4 is 0 Å². The Kier molecular flexibility index (Phi) is 6.28. The van der Waals surface area contributed by atoms with E-state index in [9.17, 15) is 0 Å². The average Bonchev–Trinajstić information content (AvgIpc) is 2.54. The molecule has 114 valence electrons. The SMILES string of the molecule is CCCCCCc1cc(C)c(C)cc1C#Cc1ccccc1. The van der Waals surface area contributed by atoms with Gasteiger partial charge >= 0.3 is 0 Å². The number of benzene rings is 2. The van der Waals surface area contributed by atoms with Crippen LogP contribution in [0.1, 0.15) is 60.4 Å². The molecule has 0 bridgehead atoms. The van der Waals surface area contributed by atoms with E-state index in [0.717, 1.165) is 12.0 Å². The van der Waals surface area contributed by atoms with Gasteiger partial charge < -0.3 is 0 Å². The Hall–Kier alpha value is -2.00. The van der Waals surface area contributed by atoms with Gasteiger partial charge in [-0.15, -0.1) is 0 Å². The Labute approximate surface area is 135 Å². The summed E-state index contributed by atoms with van der Waals surface area (Å²) in [7, 11) is 0. The number of aryl methyl sites for hydroxylation is 3. The van der Waals surface area contributed by atoms with E-state index in [4.69, 9.17) is 0 Å². The summed E-state index contributed by atoms with van der Waals surface area (Å²) in [6.45, 7) is 6.62. The van der Waals surface area contributed by atoms with Gasteiger partial charge in [-0.3, -0.25) is 0 Å². The molecule has 0 fully saturated rings. The lowest BCUT2D eigenvalue weighted by Gasteiger charge is -2.09. The molecule has 0 aliphatic heterocycles. The van der Waals surface area contributed by atoms with Crippen molar-refractivity contribution in [2.75, 3.05) is 0 Å². The van der Waals surface area contributed by atoms with Crippen LogP contribution in [-0.2, 0) is 6.42 Å². The van der Waals surface area contributed by atoms with E-state index in [1.807, 2.05) is 18.2 Å². The van der Waals surface area contributed by atoms with Crippen LogP contribution in [0.25, 0.3) is 0 Å². The molecule has 0 heteroatoms. The summed E-state index contributed by atoms with van der Waals surface area (Å²) in [6.07, 6.45) is 6.33. The van der Waals surface area contributed by atoms with Gasteiger partial charge in [0.05, 0.1) is 0 Å². The van der Waals surface area contributed by atoms with Gasteiger partial charge in [0.2, 0.25) is 0 Å². The second-order valence-corrected chi connectivity index (χ2v) is 6.02. The van der Waals surface area contributed by atoms with Crippen molar-refractivity contribution in [2.24, 2.45) is 0 Å². The Balaban J connectivity index is 2.21. The first-order valence-electron chi connectivity index (χ1n) is 8.38. The molecule has 0 radical (unpaired) electrons. The molecular weight excluding hydrogens is 264 g/mol. The summed E-state index contributed by atoms with van der Waals surface area (Å²) in [5.74, 6) is 6.69. The predicted octanol–water partition coefficient (Wildman–Crippen LogP) is 5.83. The highest BCUT2D eigenvalue weighted by atomic mass is 14.1. The zero-order valence-electron chi connectivity index (χ0n) is 14.1. The van der Waals surface area contributed by atoms with Crippen molar-refractivity contribution in [3.63, 3.8) is 0 Å². The standard InChI is InChI=1S/C22H26/c1-4-5-6-10-13-21-16-18(2)19(3)17-22(21)15-14-20-11-8-7-9-12-20/h7-9,11-12,16-17H,4-6,10,13H2,1-3H3. The topological polar surface area (TPSA) is 0 Å². The van der Waals surface area contributed by atoms with E-state index in [1.54, 1.807) is 0 Å². The number of hydrogen-bond acceptors (Lipinski definition) is 0. The third-order valence-electron chi connectivity index (χ3n) is 4.13. The van der Waals surface area contributed by atoms with Crippen molar-refractivity contribution in [1.82, 2.24) is 0 Å². The number of rotatable bonds is 5. The lowest BCUT2D eigenvalue weighted by atomic mass is 9.96. The van der Waals surface area contributed by atoms with Gasteiger partial charge in [-0.1, -0.05) is 62.3 Å². The van der Waals surface area contributed by atoms with Crippen LogP contribution in [0.3, 0.4) is 0 Å². The molecule has 0 aromatic heterocycles. The summed E-state index contributed by atoms with van der Waals surface area (Å²) in [5, 5.41) is 0. The quantitative estimate of drug-likeness (QED) is 0.480. The molecule has 2 aromatic carbocycles. The Morgan fingerprint density at radius 2 is 1.55 bits per heavy atom. The molecule has 0 unspecified atom stereocenters. The fraction of sp³-hybridized carbons (Fsp3) is 0.364. The molecule has 0 N–H and O–H groups in total. The molecule has 0 heterocycles. The predicted molar refractivity (Wildman–Crippen MR) is 96.2 cm³/mol. The largest absolute Gasteiger partial charge is 0.0654 e. The smallest absolute Gasteiger partial charge is 0.0283 e. The van der Waals surface area contributed by atoms with Gasteiger partial charge in [0.15, 0.2) is 0 Å². The lowest BCUT2D eigenvalue weighted by molar-refractivity contribution is 0.666. The number of hydrogen-bond donors (Lipinski definition) is 0.